The van der Waals surface area contributed by atoms with Crippen LogP contribution in [0.3, 0.4) is 0 Å². The Hall–Kier alpha value is -3.28. The monoisotopic (exact) mass is 351 g/mol. The van der Waals surface area contributed by atoms with Crippen LogP contribution in [0.4, 0.5) is 0 Å². The molecule has 1 atom stereocenters. The number of hydrogen-bond acceptors (Lipinski definition) is 4. The van der Waals surface area contributed by atoms with Crippen molar-refractivity contribution >= 4 is 5.91 Å². The molecule has 1 amide bonds. The van der Waals surface area contributed by atoms with Gasteiger partial charge in [-0.2, -0.15) is 0 Å². The van der Waals surface area contributed by atoms with Crippen molar-refractivity contribution in [3.8, 4) is 11.5 Å². The number of hydrogen-bond donors (Lipinski definition) is 1. The number of aryl methyl sites for hydroxylation is 1. The summed E-state index contributed by atoms with van der Waals surface area (Å²) in [6.45, 7) is -0.117. The zero-order chi connectivity index (χ0) is 18.4. The minimum Gasteiger partial charge on any atom is -0.493 e. The summed E-state index contributed by atoms with van der Waals surface area (Å²) in [5.41, 5.74) is 0.951. The Kier molecular flexibility index (Phi) is 5.53. The molecule has 0 radical (unpaired) electrons. The fraction of sp³-hybridized carbons (Fsp3) is 0.200. The molecule has 0 fully saturated rings. The van der Waals surface area contributed by atoms with Crippen molar-refractivity contribution in [1.29, 1.82) is 0 Å². The zero-order valence-electron chi connectivity index (χ0n) is 14.8. The Morgan fingerprint density at radius 2 is 1.81 bits per heavy atom. The number of carbonyl (C=O) groups is 1. The molecule has 2 aromatic carbocycles. The van der Waals surface area contributed by atoms with Crippen molar-refractivity contribution in [2.45, 2.75) is 6.04 Å². The second kappa shape index (κ2) is 8.20. The first-order valence-corrected chi connectivity index (χ1v) is 8.26. The van der Waals surface area contributed by atoms with Crippen molar-refractivity contribution in [2.75, 3.05) is 13.7 Å². The largest absolute Gasteiger partial charge is 0.493 e. The Balaban J connectivity index is 1.73. The first-order chi connectivity index (χ1) is 12.7. The van der Waals surface area contributed by atoms with Crippen LogP contribution >= 0.6 is 0 Å². The van der Waals surface area contributed by atoms with Gasteiger partial charge in [-0.1, -0.05) is 42.5 Å². The van der Waals surface area contributed by atoms with E-state index in [9.17, 15) is 4.79 Å². The van der Waals surface area contributed by atoms with Gasteiger partial charge < -0.3 is 19.4 Å². The van der Waals surface area contributed by atoms with E-state index in [1.165, 1.54) is 0 Å². The number of nitrogens with one attached hydrogen (secondary N) is 1. The normalized spacial score (nSPS) is 11.6. The van der Waals surface area contributed by atoms with Gasteiger partial charge in [0.05, 0.1) is 7.11 Å². The molecule has 6 nitrogen and oxygen atoms in total. The number of benzene rings is 2. The summed E-state index contributed by atoms with van der Waals surface area (Å²) >= 11 is 0. The summed E-state index contributed by atoms with van der Waals surface area (Å²) in [7, 11) is 3.46. The number of imidazole rings is 1. The molecule has 0 aliphatic heterocycles. The first kappa shape index (κ1) is 17.5. The number of aromatic nitrogens is 2. The van der Waals surface area contributed by atoms with Crippen LogP contribution < -0.4 is 14.8 Å². The van der Waals surface area contributed by atoms with Gasteiger partial charge in [0, 0.05) is 19.4 Å². The smallest absolute Gasteiger partial charge is 0.258 e. The average Bonchev–Trinajstić information content (AvgIpc) is 3.11. The summed E-state index contributed by atoms with van der Waals surface area (Å²) in [5, 5.41) is 3.00. The quantitative estimate of drug-likeness (QED) is 0.711. The number of ether oxygens (including phenoxy) is 2. The van der Waals surface area contributed by atoms with Gasteiger partial charge in [0.25, 0.3) is 5.91 Å². The van der Waals surface area contributed by atoms with E-state index in [1.807, 2.05) is 60.3 Å². The van der Waals surface area contributed by atoms with Gasteiger partial charge >= 0.3 is 0 Å². The minimum absolute atomic E-state index is 0.117. The number of nitrogens with zero attached hydrogens (tertiary/aromatic N) is 2. The summed E-state index contributed by atoms with van der Waals surface area (Å²) in [6.07, 6.45) is 3.56. The Morgan fingerprint density at radius 1 is 1.12 bits per heavy atom. The summed E-state index contributed by atoms with van der Waals surface area (Å²) in [6, 6.07) is 16.6. The molecule has 134 valence electrons. The van der Waals surface area contributed by atoms with Crippen LogP contribution in [-0.4, -0.2) is 29.2 Å². The molecular formula is C20H21N3O3. The van der Waals surface area contributed by atoms with Crippen molar-refractivity contribution in [2.24, 2.45) is 7.05 Å². The van der Waals surface area contributed by atoms with Gasteiger partial charge in [-0.15, -0.1) is 0 Å². The van der Waals surface area contributed by atoms with E-state index in [0.29, 0.717) is 11.5 Å². The van der Waals surface area contributed by atoms with Gasteiger partial charge in [-0.05, 0) is 17.7 Å². The molecule has 3 rings (SSSR count). The predicted molar refractivity (Wildman–Crippen MR) is 98.1 cm³/mol. The van der Waals surface area contributed by atoms with E-state index in [1.54, 1.807) is 25.4 Å². The van der Waals surface area contributed by atoms with Crippen molar-refractivity contribution in [1.82, 2.24) is 14.9 Å². The van der Waals surface area contributed by atoms with Crippen molar-refractivity contribution in [3.63, 3.8) is 0 Å². The van der Waals surface area contributed by atoms with Crippen molar-refractivity contribution in [3.05, 3.63) is 78.4 Å². The molecule has 0 saturated heterocycles. The maximum Gasteiger partial charge on any atom is 0.258 e. The van der Waals surface area contributed by atoms with Gasteiger partial charge in [0.1, 0.15) is 11.9 Å². The lowest BCUT2D eigenvalue weighted by atomic mass is 10.1. The van der Waals surface area contributed by atoms with Crippen LogP contribution in [-0.2, 0) is 11.8 Å². The maximum absolute atomic E-state index is 12.5. The summed E-state index contributed by atoms with van der Waals surface area (Å²) in [4.78, 5) is 16.9. The Labute approximate surface area is 152 Å². The van der Waals surface area contributed by atoms with E-state index in [2.05, 4.69) is 10.3 Å². The van der Waals surface area contributed by atoms with E-state index < -0.39 is 0 Å². The standard InChI is InChI=1S/C20H21N3O3/c1-23-13-12-21-20(23)19(15-8-4-3-5-9-15)22-18(24)14-26-17-11-7-6-10-16(17)25-2/h3-13,19H,14H2,1-2H3,(H,22,24)/t19-/m0/s1. The molecule has 0 unspecified atom stereocenters. The lowest BCUT2D eigenvalue weighted by Crippen LogP contribution is -2.34. The molecule has 3 aromatic rings. The summed E-state index contributed by atoms with van der Waals surface area (Å²) in [5.74, 6) is 1.62. The third-order valence-electron chi connectivity index (χ3n) is 3.98. The number of rotatable bonds is 7. The number of para-hydroxylation sites is 2. The third kappa shape index (κ3) is 4.03. The van der Waals surface area contributed by atoms with Crippen LogP contribution in [0.15, 0.2) is 67.0 Å². The molecular weight excluding hydrogens is 330 g/mol. The Morgan fingerprint density at radius 3 is 2.46 bits per heavy atom. The second-order valence-electron chi connectivity index (χ2n) is 5.75. The van der Waals surface area contributed by atoms with Crippen LogP contribution in [0, 0.1) is 0 Å². The van der Waals surface area contributed by atoms with Crippen LogP contribution in [0.5, 0.6) is 11.5 Å². The van der Waals surface area contributed by atoms with Gasteiger partial charge in [0.15, 0.2) is 18.1 Å². The molecule has 0 aliphatic carbocycles. The number of carbonyl (C=O) groups excluding carboxylic acids is 1. The zero-order valence-corrected chi connectivity index (χ0v) is 14.8. The third-order valence-corrected chi connectivity index (χ3v) is 3.98. The summed E-state index contributed by atoms with van der Waals surface area (Å²) < 4.78 is 12.7. The minimum atomic E-state index is -0.357. The molecule has 26 heavy (non-hydrogen) atoms. The molecule has 0 bridgehead atoms. The van der Waals surface area contributed by atoms with Crippen LogP contribution in [0.2, 0.25) is 0 Å². The van der Waals surface area contributed by atoms with E-state index >= 15 is 0 Å². The molecule has 1 aromatic heterocycles. The Bertz CT molecular complexity index is 862. The molecule has 0 aliphatic rings. The van der Waals surface area contributed by atoms with Gasteiger partial charge in [-0.25, -0.2) is 4.98 Å². The van der Waals surface area contributed by atoms with E-state index in [0.717, 1.165) is 11.4 Å². The topological polar surface area (TPSA) is 65.4 Å². The fourth-order valence-electron chi connectivity index (χ4n) is 2.68. The SMILES string of the molecule is COc1ccccc1OCC(=O)N[C@@H](c1ccccc1)c1nccn1C. The maximum atomic E-state index is 12.5. The molecule has 0 saturated carbocycles. The first-order valence-electron chi connectivity index (χ1n) is 8.26. The highest BCUT2D eigenvalue weighted by Gasteiger charge is 2.21. The molecule has 6 heteroatoms. The van der Waals surface area contributed by atoms with Gasteiger partial charge in [-0.3, -0.25) is 4.79 Å². The highest BCUT2D eigenvalue weighted by atomic mass is 16.5. The highest BCUT2D eigenvalue weighted by Crippen LogP contribution is 2.26. The van der Waals surface area contributed by atoms with Crippen LogP contribution in [0.25, 0.3) is 0 Å². The molecule has 1 heterocycles. The van der Waals surface area contributed by atoms with E-state index in [4.69, 9.17) is 9.47 Å². The predicted octanol–water partition coefficient (Wildman–Crippen LogP) is 2.71. The van der Waals surface area contributed by atoms with Crippen molar-refractivity contribution < 1.29 is 14.3 Å². The average molecular weight is 351 g/mol. The number of methoxy groups -OCH3 is 1. The van der Waals surface area contributed by atoms with Crippen LogP contribution in [0.1, 0.15) is 17.4 Å². The lowest BCUT2D eigenvalue weighted by molar-refractivity contribution is -0.123. The van der Waals surface area contributed by atoms with Gasteiger partial charge in [0.2, 0.25) is 0 Å². The fourth-order valence-corrected chi connectivity index (χ4v) is 2.68. The molecule has 0 spiro atoms. The van der Waals surface area contributed by atoms with E-state index in [-0.39, 0.29) is 18.6 Å². The number of amides is 1. The second-order valence-corrected chi connectivity index (χ2v) is 5.75. The lowest BCUT2D eigenvalue weighted by Gasteiger charge is -2.19. The molecule has 1 N–H and O–H groups in total. The highest BCUT2D eigenvalue weighted by molar-refractivity contribution is 5.78.